The van der Waals surface area contributed by atoms with Crippen LogP contribution >= 0.6 is 0 Å². The summed E-state index contributed by atoms with van der Waals surface area (Å²) >= 11 is 0. The van der Waals surface area contributed by atoms with Crippen molar-refractivity contribution < 1.29 is 0 Å². The normalized spacial score (nSPS) is 13.6. The SMILES string of the molecule is C=NC(C)=NC(C)(C)C. The first-order valence-electron chi connectivity index (χ1n) is 2.99. The molecule has 0 aliphatic heterocycles. The van der Waals surface area contributed by atoms with Crippen LogP contribution in [-0.4, -0.2) is 18.1 Å². The fourth-order valence-corrected chi connectivity index (χ4v) is 0.521. The summed E-state index contributed by atoms with van der Waals surface area (Å²) in [5.41, 5.74) is -0.0225. The molecule has 0 saturated carbocycles. The molecule has 0 spiro atoms. The molecule has 0 atom stereocenters. The second kappa shape index (κ2) is 2.76. The van der Waals surface area contributed by atoms with E-state index < -0.39 is 0 Å². The second-order valence-electron chi connectivity index (χ2n) is 2.99. The van der Waals surface area contributed by atoms with Gasteiger partial charge >= 0.3 is 0 Å². The van der Waals surface area contributed by atoms with E-state index in [1.807, 2.05) is 27.7 Å². The van der Waals surface area contributed by atoms with Crippen LogP contribution in [0, 0.1) is 0 Å². The Kier molecular flexibility index (Phi) is 2.56. The summed E-state index contributed by atoms with van der Waals surface area (Å²) in [5, 5.41) is 0. The Bertz CT molecular complexity index is 128. The van der Waals surface area contributed by atoms with Crippen molar-refractivity contribution in [1.82, 2.24) is 0 Å². The van der Waals surface area contributed by atoms with Crippen molar-refractivity contribution in [2.45, 2.75) is 33.2 Å². The summed E-state index contributed by atoms with van der Waals surface area (Å²) in [5.74, 6) is 0.752. The van der Waals surface area contributed by atoms with Crippen molar-refractivity contribution in [2.75, 3.05) is 0 Å². The van der Waals surface area contributed by atoms with Crippen molar-refractivity contribution in [1.29, 1.82) is 0 Å². The minimum atomic E-state index is -0.0225. The minimum Gasteiger partial charge on any atom is -0.265 e. The highest BCUT2D eigenvalue weighted by Gasteiger charge is 2.05. The molecule has 0 aromatic rings. The molecule has 0 fully saturated rings. The molecule has 52 valence electrons. The van der Waals surface area contributed by atoms with Crippen molar-refractivity contribution in [3.05, 3.63) is 0 Å². The average Bonchev–Trinajstić information content (AvgIpc) is 1.62. The number of amidine groups is 1. The van der Waals surface area contributed by atoms with Crippen molar-refractivity contribution in [2.24, 2.45) is 9.98 Å². The second-order valence-corrected chi connectivity index (χ2v) is 2.99. The fraction of sp³-hybridized carbons (Fsp3) is 0.714. The lowest BCUT2D eigenvalue weighted by atomic mass is 10.1. The molecule has 0 amide bonds. The van der Waals surface area contributed by atoms with Gasteiger partial charge in [-0.3, -0.25) is 4.99 Å². The lowest BCUT2D eigenvalue weighted by Gasteiger charge is -2.11. The van der Waals surface area contributed by atoms with E-state index in [1.165, 1.54) is 0 Å². The van der Waals surface area contributed by atoms with Crippen LogP contribution < -0.4 is 0 Å². The smallest absolute Gasteiger partial charge is 0.119 e. The molecular formula is C7H14N2. The van der Waals surface area contributed by atoms with Gasteiger partial charge in [-0.15, -0.1) is 0 Å². The molecule has 0 aromatic carbocycles. The lowest BCUT2D eigenvalue weighted by molar-refractivity contribution is 0.583. The molecule has 0 aromatic heterocycles. The summed E-state index contributed by atoms with van der Waals surface area (Å²) in [6, 6.07) is 0. The van der Waals surface area contributed by atoms with Gasteiger partial charge in [0, 0.05) is 0 Å². The topological polar surface area (TPSA) is 24.7 Å². The number of hydrogen-bond acceptors (Lipinski definition) is 1. The highest BCUT2D eigenvalue weighted by atomic mass is 14.9. The van der Waals surface area contributed by atoms with Gasteiger partial charge in [0.15, 0.2) is 0 Å². The van der Waals surface area contributed by atoms with E-state index in [9.17, 15) is 0 Å². The molecule has 2 nitrogen and oxygen atoms in total. The van der Waals surface area contributed by atoms with Gasteiger partial charge in [-0.1, -0.05) is 0 Å². The molecule has 0 unspecified atom stereocenters. The molecule has 9 heavy (non-hydrogen) atoms. The first-order valence-corrected chi connectivity index (χ1v) is 2.99. The molecule has 0 heterocycles. The van der Waals surface area contributed by atoms with Gasteiger partial charge in [0.05, 0.1) is 5.54 Å². The molecule has 0 radical (unpaired) electrons. The van der Waals surface area contributed by atoms with Gasteiger partial charge in [-0.2, -0.15) is 0 Å². The zero-order valence-corrected chi connectivity index (χ0v) is 6.60. The van der Waals surface area contributed by atoms with Gasteiger partial charge in [-0.25, -0.2) is 4.99 Å². The van der Waals surface area contributed by atoms with E-state index >= 15 is 0 Å². The zero-order chi connectivity index (χ0) is 7.49. The lowest BCUT2D eigenvalue weighted by Crippen LogP contribution is -2.11. The Labute approximate surface area is 56.7 Å². The molecule has 0 saturated heterocycles. The highest BCUT2D eigenvalue weighted by molar-refractivity contribution is 5.84. The van der Waals surface area contributed by atoms with E-state index in [0.717, 1.165) is 5.84 Å². The van der Waals surface area contributed by atoms with Gasteiger partial charge in [0.25, 0.3) is 0 Å². The Morgan fingerprint density at radius 1 is 1.33 bits per heavy atom. The third-order valence-electron chi connectivity index (χ3n) is 0.726. The van der Waals surface area contributed by atoms with E-state index in [4.69, 9.17) is 0 Å². The number of nitrogens with zero attached hydrogens (tertiary/aromatic N) is 2. The molecular weight excluding hydrogens is 112 g/mol. The number of rotatable bonds is 0. The monoisotopic (exact) mass is 126 g/mol. The summed E-state index contributed by atoms with van der Waals surface area (Å²) in [6.07, 6.45) is 0. The van der Waals surface area contributed by atoms with Gasteiger partial charge in [-0.05, 0) is 34.4 Å². The fourth-order valence-electron chi connectivity index (χ4n) is 0.521. The first-order chi connectivity index (χ1) is 3.95. The van der Waals surface area contributed by atoms with Gasteiger partial charge < -0.3 is 0 Å². The summed E-state index contributed by atoms with van der Waals surface area (Å²) in [6.45, 7) is 11.3. The molecule has 0 rings (SSSR count). The van der Waals surface area contributed by atoms with Crippen LogP contribution in [0.2, 0.25) is 0 Å². The summed E-state index contributed by atoms with van der Waals surface area (Å²) in [4.78, 5) is 7.89. The molecule has 0 aliphatic rings. The predicted octanol–water partition coefficient (Wildman–Crippen LogP) is 1.90. The van der Waals surface area contributed by atoms with Crippen LogP contribution in [0.25, 0.3) is 0 Å². The Hall–Kier alpha value is -0.660. The third-order valence-corrected chi connectivity index (χ3v) is 0.726. The molecule has 0 bridgehead atoms. The van der Waals surface area contributed by atoms with Gasteiger partial charge in [0.1, 0.15) is 5.84 Å². The summed E-state index contributed by atoms with van der Waals surface area (Å²) in [7, 11) is 0. The standard InChI is InChI=1S/C7H14N2/c1-6(8-5)9-7(2,3)4/h5H2,1-4H3. The van der Waals surface area contributed by atoms with Crippen LogP contribution in [0.1, 0.15) is 27.7 Å². The van der Waals surface area contributed by atoms with Crippen LogP contribution in [0.3, 0.4) is 0 Å². The molecule has 2 heteroatoms. The van der Waals surface area contributed by atoms with Gasteiger partial charge in [0.2, 0.25) is 0 Å². The van der Waals surface area contributed by atoms with E-state index in [-0.39, 0.29) is 5.54 Å². The largest absolute Gasteiger partial charge is 0.265 e. The van der Waals surface area contributed by atoms with Crippen molar-refractivity contribution in [3.63, 3.8) is 0 Å². The van der Waals surface area contributed by atoms with Crippen molar-refractivity contribution >= 4 is 12.6 Å². The minimum absolute atomic E-state index is 0.0225. The van der Waals surface area contributed by atoms with Crippen LogP contribution in [0.5, 0.6) is 0 Å². The van der Waals surface area contributed by atoms with Crippen LogP contribution in [-0.2, 0) is 0 Å². The Balaban J connectivity index is 4.11. The maximum Gasteiger partial charge on any atom is 0.119 e. The maximum atomic E-state index is 4.22. The highest BCUT2D eigenvalue weighted by Crippen LogP contribution is 2.06. The Morgan fingerprint density at radius 2 is 1.78 bits per heavy atom. The maximum absolute atomic E-state index is 4.22. The van der Waals surface area contributed by atoms with Crippen molar-refractivity contribution in [3.8, 4) is 0 Å². The number of aliphatic imine (C=N–C) groups is 2. The quantitative estimate of drug-likeness (QED) is 0.350. The van der Waals surface area contributed by atoms with E-state index in [0.29, 0.717) is 0 Å². The average molecular weight is 126 g/mol. The van der Waals surface area contributed by atoms with Crippen LogP contribution in [0.4, 0.5) is 0 Å². The van der Waals surface area contributed by atoms with E-state index in [2.05, 4.69) is 16.7 Å². The third kappa shape index (κ3) is 5.21. The molecule has 0 aliphatic carbocycles. The summed E-state index contributed by atoms with van der Waals surface area (Å²) < 4.78 is 0. The molecule has 0 N–H and O–H groups in total. The first kappa shape index (κ1) is 8.34. The number of hydrogen-bond donors (Lipinski definition) is 0. The van der Waals surface area contributed by atoms with E-state index in [1.54, 1.807) is 0 Å². The zero-order valence-electron chi connectivity index (χ0n) is 6.60. The van der Waals surface area contributed by atoms with Crippen LogP contribution in [0.15, 0.2) is 9.98 Å². The predicted molar refractivity (Wildman–Crippen MR) is 42.4 cm³/mol. The Morgan fingerprint density at radius 3 is 1.89 bits per heavy atom.